The van der Waals surface area contributed by atoms with Crippen LogP contribution in [-0.4, -0.2) is 39.5 Å². The average Bonchev–Trinajstić information content (AvgIpc) is 2.94. The van der Waals surface area contributed by atoms with Crippen molar-refractivity contribution in [1.29, 1.82) is 0 Å². The summed E-state index contributed by atoms with van der Waals surface area (Å²) in [5, 5.41) is 1.18. The van der Waals surface area contributed by atoms with Crippen molar-refractivity contribution >= 4 is 44.3 Å². The van der Waals surface area contributed by atoms with Crippen molar-refractivity contribution in [2.24, 2.45) is 0 Å². The molecule has 0 aliphatic carbocycles. The Bertz CT molecular complexity index is 883. The minimum atomic E-state index is -3.91. The molecule has 0 saturated heterocycles. The second kappa shape index (κ2) is 8.92. The Morgan fingerprint density at radius 3 is 2.77 bits per heavy atom. The van der Waals surface area contributed by atoms with Gasteiger partial charge in [-0.15, -0.1) is 11.3 Å². The third-order valence-electron chi connectivity index (χ3n) is 3.57. The zero-order valence-electron chi connectivity index (χ0n) is 14.7. The van der Waals surface area contributed by atoms with E-state index >= 15 is 0 Å². The zero-order valence-corrected chi connectivity index (χ0v) is 17.0. The van der Waals surface area contributed by atoms with E-state index < -0.39 is 22.8 Å². The molecule has 0 bridgehead atoms. The topological polar surface area (TPSA) is 88.6 Å². The molecule has 1 aromatic carbocycles. The van der Waals surface area contributed by atoms with Crippen LogP contribution < -0.4 is 9.62 Å². The summed E-state index contributed by atoms with van der Waals surface area (Å²) in [4.78, 5) is 19.2. The number of carbonyl (C=O) groups is 1. The Balaban J connectivity index is 2.15. The smallest absolute Gasteiger partial charge is 0.286 e. The van der Waals surface area contributed by atoms with Gasteiger partial charge in [0.2, 0.25) is 0 Å². The van der Waals surface area contributed by atoms with Crippen LogP contribution in [0.25, 0.3) is 0 Å². The van der Waals surface area contributed by atoms with E-state index in [1.807, 2.05) is 35.9 Å². The number of anilines is 1. The molecule has 0 saturated carbocycles. The molecule has 0 unspecified atom stereocenters. The van der Waals surface area contributed by atoms with Gasteiger partial charge in [-0.1, -0.05) is 23.7 Å². The van der Waals surface area contributed by atoms with Crippen LogP contribution in [0.5, 0.6) is 0 Å². The maximum atomic E-state index is 12.3. The summed E-state index contributed by atoms with van der Waals surface area (Å²) >= 11 is 7.41. The van der Waals surface area contributed by atoms with Gasteiger partial charge < -0.3 is 0 Å². The highest BCUT2D eigenvalue weighted by Crippen LogP contribution is 2.28. The Kier molecular flexibility index (Phi) is 7.13. The molecule has 26 heavy (non-hydrogen) atoms. The molecule has 0 fully saturated rings. The number of aryl methyl sites for hydroxylation is 1. The quantitative estimate of drug-likeness (QED) is 0.712. The van der Waals surface area contributed by atoms with Crippen molar-refractivity contribution in [2.45, 2.75) is 20.3 Å². The number of halogens is 1. The highest BCUT2D eigenvalue weighted by molar-refractivity contribution is 7.84. The number of aromatic nitrogens is 1. The van der Waals surface area contributed by atoms with Crippen molar-refractivity contribution in [3.05, 3.63) is 45.4 Å². The van der Waals surface area contributed by atoms with E-state index in [0.29, 0.717) is 23.1 Å². The van der Waals surface area contributed by atoms with Crippen LogP contribution in [0.3, 0.4) is 0 Å². The lowest BCUT2D eigenvalue weighted by Gasteiger charge is -2.17. The fraction of sp³-hybridized carbons (Fsp3) is 0.375. The van der Waals surface area contributed by atoms with E-state index in [9.17, 15) is 13.2 Å². The Hall–Kier alpha value is -1.52. The molecule has 10 heteroatoms. The fourth-order valence-corrected chi connectivity index (χ4v) is 3.97. The van der Waals surface area contributed by atoms with Gasteiger partial charge >= 0.3 is 10.3 Å². The number of carbonyl (C=O) groups excluding carboxylic acids is 1. The van der Waals surface area contributed by atoms with Gasteiger partial charge in [0.1, 0.15) is 6.61 Å². The van der Waals surface area contributed by atoms with Gasteiger partial charge in [0.05, 0.1) is 5.69 Å². The van der Waals surface area contributed by atoms with Crippen LogP contribution in [0.2, 0.25) is 5.02 Å². The lowest BCUT2D eigenvalue weighted by Crippen LogP contribution is -2.36. The van der Waals surface area contributed by atoms with E-state index in [4.69, 9.17) is 11.6 Å². The average molecular weight is 418 g/mol. The molecule has 0 aliphatic rings. The van der Waals surface area contributed by atoms with Crippen molar-refractivity contribution in [2.75, 3.05) is 25.1 Å². The fourth-order valence-electron chi connectivity index (χ4n) is 2.21. The molecule has 0 radical (unpaired) electrons. The molecule has 2 rings (SSSR count). The monoisotopic (exact) mass is 417 g/mol. The number of nitrogens with one attached hydrogen (secondary N) is 1. The van der Waals surface area contributed by atoms with Crippen molar-refractivity contribution in [3.63, 3.8) is 0 Å². The summed E-state index contributed by atoms with van der Waals surface area (Å²) in [6, 6.07) is 7.56. The minimum Gasteiger partial charge on any atom is -0.286 e. The van der Waals surface area contributed by atoms with Gasteiger partial charge in [-0.25, -0.2) is 9.17 Å². The predicted octanol–water partition coefficient (Wildman–Crippen LogP) is 2.53. The summed E-state index contributed by atoms with van der Waals surface area (Å²) in [7, 11) is -2.70. The largest absolute Gasteiger partial charge is 0.336 e. The molecule has 0 spiro atoms. The van der Waals surface area contributed by atoms with Crippen LogP contribution in [-0.2, 0) is 25.7 Å². The maximum absolute atomic E-state index is 12.3. The highest BCUT2D eigenvalue weighted by atomic mass is 35.5. The van der Waals surface area contributed by atoms with E-state index in [0.717, 1.165) is 16.1 Å². The van der Waals surface area contributed by atoms with Crippen molar-refractivity contribution < 1.29 is 17.4 Å². The summed E-state index contributed by atoms with van der Waals surface area (Å²) in [6.45, 7) is 3.43. The first kappa shape index (κ1) is 20.8. The lowest BCUT2D eigenvalue weighted by atomic mass is 10.1. The Morgan fingerprint density at radius 2 is 2.15 bits per heavy atom. The predicted molar refractivity (Wildman–Crippen MR) is 103 cm³/mol. The number of thiazole rings is 1. The standard InChI is InChI=1S/C16H20ClN3O4S2/c1-4-20(15(21)10-24-26(22,23)18-3)16-19-11(2)14(25-16)9-12-6-5-7-13(17)8-12/h5-8,18H,4,9-10H2,1-3H3. The van der Waals surface area contributed by atoms with Crippen LogP contribution in [0.1, 0.15) is 23.1 Å². The number of benzene rings is 1. The van der Waals surface area contributed by atoms with Crippen molar-refractivity contribution in [1.82, 2.24) is 9.71 Å². The molecule has 1 aromatic heterocycles. The van der Waals surface area contributed by atoms with Gasteiger partial charge in [-0.3, -0.25) is 9.69 Å². The van der Waals surface area contributed by atoms with Crippen LogP contribution in [0.15, 0.2) is 24.3 Å². The molecule has 1 N–H and O–H groups in total. The van der Waals surface area contributed by atoms with Gasteiger partial charge in [0.25, 0.3) is 5.91 Å². The Morgan fingerprint density at radius 1 is 1.42 bits per heavy atom. The molecule has 1 amide bonds. The second-order valence-electron chi connectivity index (χ2n) is 5.37. The molecule has 0 atom stereocenters. The van der Waals surface area contributed by atoms with Gasteiger partial charge in [-0.2, -0.15) is 13.1 Å². The zero-order chi connectivity index (χ0) is 19.3. The molecule has 7 nitrogen and oxygen atoms in total. The van der Waals surface area contributed by atoms with Crippen LogP contribution in [0, 0.1) is 6.92 Å². The molecular weight excluding hydrogens is 398 g/mol. The molecule has 1 heterocycles. The number of amides is 1. The Labute approximate surface area is 162 Å². The minimum absolute atomic E-state index is 0.353. The number of hydrogen-bond acceptors (Lipinski definition) is 6. The molecule has 0 aliphatic heterocycles. The first-order valence-electron chi connectivity index (χ1n) is 7.84. The van der Waals surface area contributed by atoms with E-state index in [1.165, 1.54) is 23.3 Å². The van der Waals surface area contributed by atoms with E-state index in [2.05, 4.69) is 9.17 Å². The second-order valence-corrected chi connectivity index (χ2v) is 8.42. The lowest BCUT2D eigenvalue weighted by molar-refractivity contribution is -0.120. The van der Waals surface area contributed by atoms with E-state index in [-0.39, 0.29) is 0 Å². The molecule has 142 valence electrons. The first-order chi connectivity index (χ1) is 12.3. The van der Waals surface area contributed by atoms with Gasteiger partial charge in [0, 0.05) is 29.9 Å². The van der Waals surface area contributed by atoms with Gasteiger partial charge in [-0.05, 0) is 31.5 Å². The third-order valence-corrected chi connectivity index (χ3v) is 5.91. The third kappa shape index (κ3) is 5.49. The maximum Gasteiger partial charge on any atom is 0.336 e. The number of nitrogens with zero attached hydrogens (tertiary/aromatic N) is 2. The summed E-state index contributed by atoms with van der Waals surface area (Å²) in [5.41, 5.74) is 1.87. The van der Waals surface area contributed by atoms with Gasteiger partial charge in [0.15, 0.2) is 5.13 Å². The first-order valence-corrected chi connectivity index (χ1v) is 10.4. The number of rotatable bonds is 8. The van der Waals surface area contributed by atoms with Crippen LogP contribution >= 0.6 is 22.9 Å². The molecule has 2 aromatic rings. The molecular formula is C16H20ClN3O4S2. The summed E-state index contributed by atoms with van der Waals surface area (Å²) in [5.74, 6) is -0.477. The number of likely N-dealkylation sites (N-methyl/N-ethyl adjacent to an activating group) is 1. The SMILES string of the molecule is CCN(C(=O)COS(=O)(=O)NC)c1nc(C)c(Cc2cccc(Cl)c2)s1. The normalized spacial score (nSPS) is 11.5. The van der Waals surface area contributed by atoms with Crippen LogP contribution in [0.4, 0.5) is 5.13 Å². The summed E-state index contributed by atoms with van der Waals surface area (Å²) in [6.07, 6.45) is 0.653. The highest BCUT2D eigenvalue weighted by Gasteiger charge is 2.21. The van der Waals surface area contributed by atoms with E-state index in [1.54, 1.807) is 6.92 Å². The van der Waals surface area contributed by atoms with Crippen molar-refractivity contribution in [3.8, 4) is 0 Å². The number of hydrogen-bond donors (Lipinski definition) is 1. The summed E-state index contributed by atoms with van der Waals surface area (Å²) < 4.78 is 29.2.